The van der Waals surface area contributed by atoms with E-state index >= 15 is 0 Å². The third kappa shape index (κ3) is 3.86. The highest BCUT2D eigenvalue weighted by atomic mass is 35.5. The Bertz CT molecular complexity index is 517. The molecule has 1 aromatic rings. The molecule has 1 N–H and O–H groups in total. The number of aliphatic carboxylic acids is 1. The number of carbonyl (C=O) groups is 1. The number of hydrogen-bond donors (Lipinski definition) is 1. The minimum atomic E-state index is -3.59. The second kappa shape index (κ2) is 5.33. The highest BCUT2D eigenvalue weighted by Gasteiger charge is 2.20. The van der Waals surface area contributed by atoms with E-state index in [0.717, 1.165) is 10.6 Å². The minimum absolute atomic E-state index is 0.0170. The molecule has 0 amide bonds. The van der Waals surface area contributed by atoms with Gasteiger partial charge in [-0.25, -0.2) is 13.4 Å². The topological polar surface area (TPSA) is 87.6 Å². The van der Waals surface area contributed by atoms with Crippen LogP contribution < -0.4 is 4.31 Å². The number of carboxylic acids is 1. The van der Waals surface area contributed by atoms with Crippen molar-refractivity contribution in [2.24, 2.45) is 0 Å². The van der Waals surface area contributed by atoms with Gasteiger partial charge in [-0.1, -0.05) is 11.6 Å². The molecule has 0 aliphatic heterocycles. The molecule has 1 heterocycles. The first-order valence-corrected chi connectivity index (χ1v) is 6.85. The van der Waals surface area contributed by atoms with E-state index in [9.17, 15) is 13.2 Å². The minimum Gasteiger partial charge on any atom is -0.481 e. The number of anilines is 1. The Hall–Kier alpha value is -1.34. The predicted octanol–water partition coefficient (Wildman–Crippen LogP) is 0.976. The Morgan fingerprint density at radius 1 is 1.59 bits per heavy atom. The van der Waals surface area contributed by atoms with E-state index in [-0.39, 0.29) is 23.8 Å². The summed E-state index contributed by atoms with van der Waals surface area (Å²) in [4.78, 5) is 14.2. The molecule has 1 aromatic heterocycles. The van der Waals surface area contributed by atoms with Gasteiger partial charge in [0.05, 0.1) is 18.4 Å². The van der Waals surface area contributed by atoms with E-state index in [4.69, 9.17) is 16.7 Å². The summed E-state index contributed by atoms with van der Waals surface area (Å²) in [5.74, 6) is -1.08. The number of halogens is 1. The van der Waals surface area contributed by atoms with Gasteiger partial charge in [-0.15, -0.1) is 0 Å². The zero-order valence-corrected chi connectivity index (χ0v) is 10.6. The summed E-state index contributed by atoms with van der Waals surface area (Å²) >= 11 is 5.78. The van der Waals surface area contributed by atoms with Crippen LogP contribution in [0.3, 0.4) is 0 Å². The molecular weight excluding hydrogens is 268 g/mol. The van der Waals surface area contributed by atoms with Crippen LogP contribution in [0.1, 0.15) is 6.42 Å². The van der Waals surface area contributed by atoms with Gasteiger partial charge >= 0.3 is 5.97 Å². The van der Waals surface area contributed by atoms with Gasteiger partial charge in [0.2, 0.25) is 10.0 Å². The van der Waals surface area contributed by atoms with Crippen LogP contribution in [0, 0.1) is 0 Å². The zero-order valence-electron chi connectivity index (χ0n) is 9.00. The third-order valence-corrected chi connectivity index (χ3v) is 3.41. The Balaban J connectivity index is 3.08. The molecule has 0 saturated heterocycles. The molecular formula is C9H11ClN2O4S. The molecule has 0 aromatic carbocycles. The Kier molecular flexibility index (Phi) is 4.30. The fourth-order valence-electron chi connectivity index (χ4n) is 1.23. The maximum Gasteiger partial charge on any atom is 0.305 e. The first kappa shape index (κ1) is 13.7. The van der Waals surface area contributed by atoms with Gasteiger partial charge in [0.1, 0.15) is 0 Å². The Labute approximate surface area is 104 Å². The van der Waals surface area contributed by atoms with Crippen LogP contribution in [0.15, 0.2) is 18.3 Å². The van der Waals surface area contributed by atoms with Crippen molar-refractivity contribution < 1.29 is 18.3 Å². The molecule has 94 valence electrons. The number of rotatable bonds is 5. The molecule has 1 rings (SSSR count). The number of sulfonamides is 1. The fraction of sp³-hybridized carbons (Fsp3) is 0.333. The van der Waals surface area contributed by atoms with Crippen molar-refractivity contribution in [2.45, 2.75) is 6.42 Å². The average molecular weight is 279 g/mol. The van der Waals surface area contributed by atoms with Gasteiger partial charge in [-0.3, -0.25) is 9.10 Å². The van der Waals surface area contributed by atoms with Gasteiger partial charge in [0.15, 0.2) is 5.15 Å². The van der Waals surface area contributed by atoms with Crippen molar-refractivity contribution >= 4 is 33.3 Å². The lowest BCUT2D eigenvalue weighted by Crippen LogP contribution is -2.32. The number of pyridine rings is 1. The maximum absolute atomic E-state index is 11.5. The van der Waals surface area contributed by atoms with Crippen LogP contribution in [0.25, 0.3) is 0 Å². The molecule has 0 atom stereocenters. The van der Waals surface area contributed by atoms with Crippen molar-refractivity contribution in [3.63, 3.8) is 0 Å². The molecule has 0 spiro atoms. The summed E-state index contributed by atoms with van der Waals surface area (Å²) in [5.41, 5.74) is 0.179. The zero-order chi connectivity index (χ0) is 13.1. The first-order valence-electron chi connectivity index (χ1n) is 4.62. The van der Waals surface area contributed by atoms with Crippen molar-refractivity contribution in [3.8, 4) is 0 Å². The van der Waals surface area contributed by atoms with Crippen molar-refractivity contribution in [1.82, 2.24) is 4.98 Å². The molecule has 0 unspecified atom stereocenters. The van der Waals surface area contributed by atoms with Gasteiger partial charge in [0, 0.05) is 12.7 Å². The van der Waals surface area contributed by atoms with E-state index in [1.807, 2.05) is 0 Å². The molecule has 0 fully saturated rings. The lowest BCUT2D eigenvalue weighted by atomic mass is 10.4. The third-order valence-electron chi connectivity index (χ3n) is 1.94. The molecule has 6 nitrogen and oxygen atoms in total. The summed E-state index contributed by atoms with van der Waals surface area (Å²) in [6.45, 7) is -0.181. The lowest BCUT2D eigenvalue weighted by molar-refractivity contribution is -0.136. The molecule has 0 aliphatic carbocycles. The second-order valence-corrected chi connectivity index (χ2v) is 5.56. The predicted molar refractivity (Wildman–Crippen MR) is 63.7 cm³/mol. The molecule has 0 bridgehead atoms. The Morgan fingerprint density at radius 2 is 2.24 bits per heavy atom. The molecule has 0 saturated carbocycles. The van der Waals surface area contributed by atoms with Crippen LogP contribution in [-0.2, 0) is 14.8 Å². The van der Waals surface area contributed by atoms with Crippen LogP contribution in [0.5, 0.6) is 0 Å². The quantitative estimate of drug-likeness (QED) is 0.811. The summed E-state index contributed by atoms with van der Waals surface area (Å²) in [7, 11) is -3.59. The Morgan fingerprint density at radius 3 is 2.71 bits per heavy atom. The van der Waals surface area contributed by atoms with Gasteiger partial charge in [0.25, 0.3) is 0 Å². The summed E-state index contributed by atoms with van der Waals surface area (Å²) < 4.78 is 24.0. The molecule has 0 radical (unpaired) electrons. The largest absolute Gasteiger partial charge is 0.481 e. The van der Waals surface area contributed by atoms with Gasteiger partial charge in [-0.2, -0.15) is 0 Å². The highest BCUT2D eigenvalue weighted by molar-refractivity contribution is 7.92. The molecule has 17 heavy (non-hydrogen) atoms. The summed E-state index contributed by atoms with van der Waals surface area (Å²) in [5, 5.41) is 8.59. The van der Waals surface area contributed by atoms with E-state index in [2.05, 4.69) is 4.98 Å². The smallest absolute Gasteiger partial charge is 0.305 e. The standard InChI is InChI=1S/C9H11ClN2O4S/c1-17(15,16)12(6-4-8(13)14)7-3-2-5-11-9(7)10/h2-3,5H,4,6H2,1H3,(H,13,14). The fourth-order valence-corrected chi connectivity index (χ4v) is 2.42. The van der Waals surface area contributed by atoms with E-state index in [1.165, 1.54) is 18.3 Å². The van der Waals surface area contributed by atoms with Crippen molar-refractivity contribution in [2.75, 3.05) is 17.1 Å². The monoisotopic (exact) mass is 278 g/mol. The lowest BCUT2D eigenvalue weighted by Gasteiger charge is -2.21. The van der Waals surface area contributed by atoms with E-state index < -0.39 is 16.0 Å². The molecule has 8 heteroatoms. The van der Waals surface area contributed by atoms with Crippen LogP contribution >= 0.6 is 11.6 Å². The van der Waals surface area contributed by atoms with Gasteiger partial charge < -0.3 is 5.11 Å². The molecule has 0 aliphatic rings. The van der Waals surface area contributed by atoms with E-state index in [1.54, 1.807) is 0 Å². The number of carboxylic acid groups (broad SMARTS) is 1. The average Bonchev–Trinajstić information content (AvgIpc) is 2.18. The summed E-state index contributed by atoms with van der Waals surface area (Å²) in [6, 6.07) is 3.00. The van der Waals surface area contributed by atoms with Crippen LogP contribution in [-0.4, -0.2) is 37.3 Å². The number of nitrogens with zero attached hydrogens (tertiary/aromatic N) is 2. The van der Waals surface area contributed by atoms with Crippen LogP contribution in [0.2, 0.25) is 5.15 Å². The second-order valence-electron chi connectivity index (χ2n) is 3.29. The van der Waals surface area contributed by atoms with Crippen LogP contribution in [0.4, 0.5) is 5.69 Å². The highest BCUT2D eigenvalue weighted by Crippen LogP contribution is 2.25. The van der Waals surface area contributed by atoms with Crippen molar-refractivity contribution in [1.29, 1.82) is 0 Å². The maximum atomic E-state index is 11.5. The summed E-state index contributed by atoms with van der Waals surface area (Å²) in [6.07, 6.45) is 2.10. The number of aromatic nitrogens is 1. The van der Waals surface area contributed by atoms with Crippen molar-refractivity contribution in [3.05, 3.63) is 23.5 Å². The number of hydrogen-bond acceptors (Lipinski definition) is 4. The normalized spacial score (nSPS) is 11.2. The van der Waals surface area contributed by atoms with Gasteiger partial charge in [-0.05, 0) is 12.1 Å². The SMILES string of the molecule is CS(=O)(=O)N(CCC(=O)O)c1cccnc1Cl. The first-order chi connectivity index (χ1) is 7.82. The van der Waals surface area contributed by atoms with E-state index in [0.29, 0.717) is 0 Å².